The van der Waals surface area contributed by atoms with Gasteiger partial charge in [-0.2, -0.15) is 0 Å². The minimum atomic E-state index is -3.85. The molecule has 0 aromatic heterocycles. The molecule has 1 aliphatic rings. The fourth-order valence-electron chi connectivity index (χ4n) is 3.29. The van der Waals surface area contributed by atoms with Gasteiger partial charge in [-0.05, 0) is 56.5 Å². The van der Waals surface area contributed by atoms with Crippen LogP contribution in [-0.4, -0.2) is 38.9 Å². The Morgan fingerprint density at radius 2 is 1.93 bits per heavy atom. The summed E-state index contributed by atoms with van der Waals surface area (Å²) in [5, 5.41) is 0. The van der Waals surface area contributed by atoms with Gasteiger partial charge in [0, 0.05) is 18.2 Å². The van der Waals surface area contributed by atoms with Crippen molar-refractivity contribution in [3.05, 3.63) is 54.1 Å². The highest BCUT2D eigenvalue weighted by molar-refractivity contribution is 7.92. The maximum Gasteiger partial charge on any atom is 0.262 e. The predicted octanol–water partition coefficient (Wildman–Crippen LogP) is 3.51. The number of hydrogen-bond acceptors (Lipinski definition) is 4. The molecule has 0 bridgehead atoms. The predicted molar refractivity (Wildman–Crippen MR) is 105 cm³/mol. The van der Waals surface area contributed by atoms with Crippen molar-refractivity contribution >= 4 is 21.6 Å². The van der Waals surface area contributed by atoms with Crippen LogP contribution in [0.4, 0.5) is 5.69 Å². The second-order valence-electron chi connectivity index (χ2n) is 6.68. The first-order valence-corrected chi connectivity index (χ1v) is 10.5. The minimum absolute atomic E-state index is 0.0453. The molecule has 1 heterocycles. The number of hydrogen-bond donors (Lipinski definition) is 1. The van der Waals surface area contributed by atoms with Crippen molar-refractivity contribution in [2.45, 2.75) is 37.1 Å². The van der Waals surface area contributed by atoms with Gasteiger partial charge >= 0.3 is 0 Å². The molecule has 1 saturated heterocycles. The van der Waals surface area contributed by atoms with Crippen molar-refractivity contribution in [2.24, 2.45) is 0 Å². The second kappa shape index (κ2) is 8.00. The normalized spacial score (nSPS) is 17.4. The highest BCUT2D eigenvalue weighted by Crippen LogP contribution is 2.27. The highest BCUT2D eigenvalue weighted by atomic mass is 32.2. The Morgan fingerprint density at radius 1 is 1.15 bits per heavy atom. The van der Waals surface area contributed by atoms with Crippen molar-refractivity contribution in [3.63, 3.8) is 0 Å². The van der Waals surface area contributed by atoms with Crippen LogP contribution in [0.2, 0.25) is 0 Å². The summed E-state index contributed by atoms with van der Waals surface area (Å²) in [6.45, 7) is 2.73. The lowest BCUT2D eigenvalue weighted by Crippen LogP contribution is -2.42. The first kappa shape index (κ1) is 19.2. The number of piperidine rings is 1. The van der Waals surface area contributed by atoms with Gasteiger partial charge in [0.1, 0.15) is 5.75 Å². The lowest BCUT2D eigenvalue weighted by Gasteiger charge is -2.33. The highest BCUT2D eigenvalue weighted by Gasteiger charge is 2.25. The number of benzene rings is 2. The Balaban J connectivity index is 1.86. The lowest BCUT2D eigenvalue weighted by atomic mass is 10.0. The van der Waals surface area contributed by atoms with E-state index in [1.54, 1.807) is 36.4 Å². The zero-order valence-corrected chi connectivity index (χ0v) is 16.3. The van der Waals surface area contributed by atoms with Gasteiger partial charge in [-0.3, -0.25) is 9.52 Å². The van der Waals surface area contributed by atoms with Crippen LogP contribution in [0.3, 0.4) is 0 Å². The third-order valence-corrected chi connectivity index (χ3v) is 6.17. The fraction of sp³-hybridized carbons (Fsp3) is 0.350. The number of rotatable bonds is 5. The smallest absolute Gasteiger partial charge is 0.262 e. The topological polar surface area (TPSA) is 75.7 Å². The van der Waals surface area contributed by atoms with E-state index in [1.165, 1.54) is 19.2 Å². The van der Waals surface area contributed by atoms with Gasteiger partial charge in [0.15, 0.2) is 0 Å². The molecule has 144 valence electrons. The maximum absolute atomic E-state index is 12.8. The van der Waals surface area contributed by atoms with Gasteiger partial charge in [-0.15, -0.1) is 0 Å². The summed E-state index contributed by atoms with van der Waals surface area (Å²) >= 11 is 0. The zero-order chi connectivity index (χ0) is 19.4. The largest absolute Gasteiger partial charge is 0.495 e. The number of sulfonamides is 1. The molecule has 1 N–H and O–H groups in total. The molecule has 0 aliphatic carbocycles. The number of anilines is 1. The van der Waals surface area contributed by atoms with Crippen LogP contribution in [0.5, 0.6) is 5.75 Å². The first-order valence-electron chi connectivity index (χ1n) is 8.99. The number of methoxy groups -OCH3 is 1. The number of para-hydroxylation sites is 2. The van der Waals surface area contributed by atoms with Gasteiger partial charge in [0.2, 0.25) is 0 Å². The monoisotopic (exact) mass is 388 g/mol. The van der Waals surface area contributed by atoms with Gasteiger partial charge < -0.3 is 9.64 Å². The van der Waals surface area contributed by atoms with Crippen LogP contribution in [0.25, 0.3) is 0 Å². The average Bonchev–Trinajstić information content (AvgIpc) is 2.68. The molecule has 3 rings (SSSR count). The van der Waals surface area contributed by atoms with Crippen LogP contribution in [0.1, 0.15) is 36.5 Å². The number of nitrogens with zero attached hydrogens (tertiary/aromatic N) is 1. The third kappa shape index (κ3) is 4.24. The van der Waals surface area contributed by atoms with Gasteiger partial charge in [0.05, 0.1) is 17.7 Å². The number of ether oxygens (including phenoxy) is 1. The Labute approximate surface area is 160 Å². The molecule has 0 unspecified atom stereocenters. The molecule has 0 radical (unpaired) electrons. The molecule has 27 heavy (non-hydrogen) atoms. The van der Waals surface area contributed by atoms with E-state index in [0.717, 1.165) is 19.3 Å². The van der Waals surface area contributed by atoms with Gasteiger partial charge in [-0.1, -0.05) is 18.2 Å². The summed E-state index contributed by atoms with van der Waals surface area (Å²) < 4.78 is 33.3. The Kier molecular flexibility index (Phi) is 5.70. The van der Waals surface area contributed by atoms with E-state index in [0.29, 0.717) is 23.5 Å². The number of likely N-dealkylation sites (tertiary alicyclic amines) is 1. The van der Waals surface area contributed by atoms with Crippen LogP contribution < -0.4 is 9.46 Å². The summed E-state index contributed by atoms with van der Waals surface area (Å²) in [7, 11) is -2.37. The van der Waals surface area contributed by atoms with Crippen molar-refractivity contribution in [1.29, 1.82) is 0 Å². The van der Waals surface area contributed by atoms with E-state index in [9.17, 15) is 13.2 Å². The molecule has 1 fully saturated rings. The lowest BCUT2D eigenvalue weighted by molar-refractivity contribution is 0.0635. The molecule has 2 aromatic carbocycles. The first-order chi connectivity index (χ1) is 12.9. The Bertz CT molecular complexity index is 927. The van der Waals surface area contributed by atoms with Crippen LogP contribution in [-0.2, 0) is 10.0 Å². The summed E-state index contributed by atoms with van der Waals surface area (Å²) in [5.74, 6) is 0.298. The molecule has 0 saturated carbocycles. The van der Waals surface area contributed by atoms with Gasteiger partial charge in [-0.25, -0.2) is 8.42 Å². The quantitative estimate of drug-likeness (QED) is 0.850. The van der Waals surface area contributed by atoms with E-state index in [1.807, 2.05) is 11.8 Å². The summed E-state index contributed by atoms with van der Waals surface area (Å²) in [6, 6.07) is 13.1. The summed E-state index contributed by atoms with van der Waals surface area (Å²) in [6.07, 6.45) is 3.06. The van der Waals surface area contributed by atoms with E-state index < -0.39 is 10.0 Å². The van der Waals surface area contributed by atoms with E-state index in [4.69, 9.17) is 4.74 Å². The van der Waals surface area contributed by atoms with Gasteiger partial charge in [0.25, 0.3) is 15.9 Å². The number of nitrogens with one attached hydrogen (secondary N) is 1. The molecular formula is C20H24N2O4S. The molecule has 1 aliphatic heterocycles. The van der Waals surface area contributed by atoms with Crippen molar-refractivity contribution in [3.8, 4) is 5.75 Å². The van der Waals surface area contributed by atoms with E-state index in [-0.39, 0.29) is 16.8 Å². The SMILES string of the molecule is COc1ccccc1NS(=O)(=O)c1cccc(C(=O)N2CCCC[C@@H]2C)c1. The van der Waals surface area contributed by atoms with Crippen molar-refractivity contribution in [2.75, 3.05) is 18.4 Å². The molecule has 0 spiro atoms. The summed E-state index contributed by atoms with van der Waals surface area (Å²) in [5.41, 5.74) is 0.730. The third-order valence-electron chi connectivity index (χ3n) is 4.81. The molecule has 6 nitrogen and oxygen atoms in total. The molecule has 1 amide bonds. The fourth-order valence-corrected chi connectivity index (χ4v) is 4.41. The van der Waals surface area contributed by atoms with Crippen molar-refractivity contribution in [1.82, 2.24) is 4.90 Å². The number of amides is 1. The maximum atomic E-state index is 12.8. The Hall–Kier alpha value is -2.54. The number of carbonyl (C=O) groups is 1. The molecule has 2 aromatic rings. The second-order valence-corrected chi connectivity index (χ2v) is 8.36. The summed E-state index contributed by atoms with van der Waals surface area (Å²) in [4.78, 5) is 14.7. The van der Waals surface area contributed by atoms with Crippen molar-refractivity contribution < 1.29 is 17.9 Å². The standard InChI is InChI=1S/C20H24N2O4S/c1-15-8-5-6-13-22(15)20(23)16-9-7-10-17(14-16)27(24,25)21-18-11-3-4-12-19(18)26-2/h3-4,7,9-12,14-15,21H,5-6,8,13H2,1-2H3/t15-/m0/s1. The number of carbonyl (C=O) groups excluding carboxylic acids is 1. The molecule has 1 atom stereocenters. The van der Waals surface area contributed by atoms with E-state index >= 15 is 0 Å². The molecule has 7 heteroatoms. The Morgan fingerprint density at radius 3 is 2.67 bits per heavy atom. The zero-order valence-electron chi connectivity index (χ0n) is 15.5. The van der Waals surface area contributed by atoms with Crippen LogP contribution in [0.15, 0.2) is 53.4 Å². The average molecular weight is 388 g/mol. The van der Waals surface area contributed by atoms with Crippen LogP contribution in [0, 0.1) is 0 Å². The van der Waals surface area contributed by atoms with E-state index in [2.05, 4.69) is 4.72 Å². The molecular weight excluding hydrogens is 364 g/mol. The van der Waals surface area contributed by atoms with Crippen LogP contribution >= 0.6 is 0 Å². The minimum Gasteiger partial charge on any atom is -0.495 e.